The molecule has 1 aromatic heterocycles. The average molecular weight is 231 g/mol. The second-order valence-corrected chi connectivity index (χ2v) is 4.04. The molecular formula is C12H17N5. The van der Waals surface area contributed by atoms with Crippen LogP contribution in [0.15, 0.2) is 24.3 Å². The van der Waals surface area contributed by atoms with Crippen LogP contribution in [-0.2, 0) is 6.42 Å². The third kappa shape index (κ3) is 2.09. The highest BCUT2D eigenvalue weighted by molar-refractivity contribution is 5.58. The van der Waals surface area contributed by atoms with Gasteiger partial charge in [-0.2, -0.15) is 0 Å². The number of benzene rings is 1. The Morgan fingerprint density at radius 3 is 2.41 bits per heavy atom. The predicted octanol–water partition coefficient (Wildman–Crippen LogP) is 0.846. The molecule has 0 saturated heterocycles. The fraction of sp³-hybridized carbons (Fsp3) is 0.250. The summed E-state index contributed by atoms with van der Waals surface area (Å²) >= 11 is 0. The first kappa shape index (κ1) is 11.5. The van der Waals surface area contributed by atoms with Gasteiger partial charge in [-0.05, 0) is 32.0 Å². The van der Waals surface area contributed by atoms with Crippen LogP contribution in [0.1, 0.15) is 11.1 Å². The topological polar surface area (TPSA) is 95.9 Å². The minimum Gasteiger partial charge on any atom is -0.383 e. The van der Waals surface area contributed by atoms with E-state index in [-0.39, 0.29) is 0 Å². The summed E-state index contributed by atoms with van der Waals surface area (Å²) in [4.78, 5) is 0. The molecule has 0 unspecified atom stereocenters. The summed E-state index contributed by atoms with van der Waals surface area (Å²) in [5.74, 6) is 1.02. The van der Waals surface area contributed by atoms with Gasteiger partial charge in [0.05, 0.1) is 5.69 Å². The van der Waals surface area contributed by atoms with Crippen molar-refractivity contribution in [1.29, 1.82) is 0 Å². The molecule has 0 aliphatic heterocycles. The lowest BCUT2D eigenvalue weighted by Crippen LogP contribution is -2.07. The summed E-state index contributed by atoms with van der Waals surface area (Å²) in [6.07, 6.45) is 0.642. The Morgan fingerprint density at radius 2 is 1.82 bits per heavy atom. The number of hydrogen-bond donors (Lipinski definition) is 3. The second-order valence-electron chi connectivity index (χ2n) is 4.04. The number of rotatable bonds is 3. The minimum absolute atomic E-state index is 0.452. The van der Waals surface area contributed by atoms with Gasteiger partial charge in [0.15, 0.2) is 5.82 Å². The molecule has 5 heteroatoms. The average Bonchev–Trinajstić information content (AvgIpc) is 2.59. The smallest absolute Gasteiger partial charge is 0.151 e. The summed E-state index contributed by atoms with van der Waals surface area (Å²) < 4.78 is 1.65. The van der Waals surface area contributed by atoms with Gasteiger partial charge in [0, 0.05) is 5.56 Å². The van der Waals surface area contributed by atoms with E-state index in [2.05, 4.69) is 5.10 Å². The third-order valence-electron chi connectivity index (χ3n) is 2.73. The van der Waals surface area contributed by atoms with Crippen LogP contribution in [0.5, 0.6) is 0 Å². The van der Waals surface area contributed by atoms with Crippen LogP contribution in [0.4, 0.5) is 11.6 Å². The van der Waals surface area contributed by atoms with Crippen LogP contribution in [-0.4, -0.2) is 16.3 Å². The van der Waals surface area contributed by atoms with E-state index in [4.69, 9.17) is 17.2 Å². The molecule has 2 aromatic rings. The highest BCUT2D eigenvalue weighted by Gasteiger charge is 2.13. The van der Waals surface area contributed by atoms with E-state index >= 15 is 0 Å². The highest BCUT2D eigenvalue weighted by atomic mass is 15.3. The molecule has 0 aliphatic carbocycles. The van der Waals surface area contributed by atoms with Crippen molar-refractivity contribution in [3.63, 3.8) is 0 Å². The Hall–Kier alpha value is -2.01. The molecular weight excluding hydrogens is 214 g/mol. The lowest BCUT2D eigenvalue weighted by Gasteiger charge is -2.04. The molecule has 0 fully saturated rings. The molecule has 5 nitrogen and oxygen atoms in total. The van der Waals surface area contributed by atoms with Crippen molar-refractivity contribution >= 4 is 11.6 Å². The summed E-state index contributed by atoms with van der Waals surface area (Å²) in [5, 5.41) is 4.24. The van der Waals surface area contributed by atoms with Gasteiger partial charge in [0.25, 0.3) is 0 Å². The van der Waals surface area contributed by atoms with Crippen molar-refractivity contribution in [2.45, 2.75) is 13.3 Å². The normalized spacial score (nSPS) is 10.7. The van der Waals surface area contributed by atoms with Gasteiger partial charge < -0.3 is 17.2 Å². The lowest BCUT2D eigenvalue weighted by atomic mass is 10.2. The molecule has 0 bridgehead atoms. The first-order chi connectivity index (χ1) is 8.13. The first-order valence-electron chi connectivity index (χ1n) is 5.53. The van der Waals surface area contributed by atoms with Gasteiger partial charge in [0.1, 0.15) is 5.82 Å². The van der Waals surface area contributed by atoms with Crippen molar-refractivity contribution in [3.05, 3.63) is 35.4 Å². The number of nitrogens with two attached hydrogens (primary N) is 3. The van der Waals surface area contributed by atoms with Crippen LogP contribution in [0.3, 0.4) is 0 Å². The maximum absolute atomic E-state index is 6.03. The van der Waals surface area contributed by atoms with Gasteiger partial charge in [-0.3, -0.25) is 0 Å². The van der Waals surface area contributed by atoms with Gasteiger partial charge in [-0.25, -0.2) is 4.68 Å². The molecule has 0 atom stereocenters. The van der Waals surface area contributed by atoms with Crippen LogP contribution < -0.4 is 17.2 Å². The number of nitrogens with zero attached hydrogens (tertiary/aromatic N) is 2. The van der Waals surface area contributed by atoms with Crippen LogP contribution >= 0.6 is 0 Å². The number of hydrogen-bond acceptors (Lipinski definition) is 4. The second kappa shape index (κ2) is 4.47. The molecule has 6 N–H and O–H groups in total. The van der Waals surface area contributed by atoms with E-state index in [1.165, 1.54) is 5.56 Å². The van der Waals surface area contributed by atoms with E-state index < -0.39 is 0 Å². The van der Waals surface area contributed by atoms with Gasteiger partial charge >= 0.3 is 0 Å². The highest BCUT2D eigenvalue weighted by Crippen LogP contribution is 2.23. The Kier molecular flexibility index (Phi) is 3.01. The van der Waals surface area contributed by atoms with Crippen molar-refractivity contribution in [2.75, 3.05) is 18.0 Å². The largest absolute Gasteiger partial charge is 0.383 e. The standard InChI is InChI=1S/C12H17N5/c1-8-2-4-9(5-3-8)17-12(15)10(6-7-13)11(14)16-17/h2-5H,6-7,13,15H2,1H3,(H2,14,16). The SMILES string of the molecule is Cc1ccc(-n2nc(N)c(CCN)c2N)cc1. The van der Waals surface area contributed by atoms with Gasteiger partial charge in [0.2, 0.25) is 0 Å². The number of aromatic nitrogens is 2. The van der Waals surface area contributed by atoms with E-state index in [9.17, 15) is 0 Å². The molecule has 90 valence electrons. The maximum Gasteiger partial charge on any atom is 0.151 e. The monoisotopic (exact) mass is 231 g/mol. The number of nitrogen functional groups attached to an aromatic ring is 2. The molecule has 17 heavy (non-hydrogen) atoms. The molecule has 1 aromatic carbocycles. The molecule has 0 amide bonds. The Balaban J connectivity index is 2.46. The van der Waals surface area contributed by atoms with Crippen LogP contribution in [0.2, 0.25) is 0 Å². The van der Waals surface area contributed by atoms with Gasteiger partial charge in [-0.1, -0.05) is 17.7 Å². The van der Waals surface area contributed by atoms with E-state index in [0.29, 0.717) is 24.6 Å². The third-order valence-corrected chi connectivity index (χ3v) is 2.73. The number of anilines is 2. The van der Waals surface area contributed by atoms with Crippen molar-refractivity contribution in [3.8, 4) is 5.69 Å². The lowest BCUT2D eigenvalue weighted by molar-refractivity contribution is 0.894. The Labute approximate surface area is 100 Å². The summed E-state index contributed by atoms with van der Waals surface area (Å²) in [7, 11) is 0. The van der Waals surface area contributed by atoms with Crippen LogP contribution in [0, 0.1) is 6.92 Å². The zero-order valence-electron chi connectivity index (χ0n) is 9.85. The van der Waals surface area contributed by atoms with Crippen molar-refractivity contribution in [2.24, 2.45) is 5.73 Å². The fourth-order valence-electron chi connectivity index (χ4n) is 1.76. The Bertz CT molecular complexity index is 512. The van der Waals surface area contributed by atoms with Crippen molar-refractivity contribution < 1.29 is 0 Å². The van der Waals surface area contributed by atoms with Gasteiger partial charge in [-0.15, -0.1) is 5.10 Å². The quantitative estimate of drug-likeness (QED) is 0.729. The predicted molar refractivity (Wildman–Crippen MR) is 69.9 cm³/mol. The maximum atomic E-state index is 6.03. The first-order valence-corrected chi connectivity index (χ1v) is 5.53. The molecule has 2 rings (SSSR count). The van der Waals surface area contributed by atoms with E-state index in [0.717, 1.165) is 11.3 Å². The summed E-state index contributed by atoms with van der Waals surface area (Å²) in [6.45, 7) is 2.54. The summed E-state index contributed by atoms with van der Waals surface area (Å²) in [5.41, 5.74) is 20.3. The molecule has 0 aliphatic rings. The molecule has 1 heterocycles. The molecule has 0 spiro atoms. The summed E-state index contributed by atoms with van der Waals surface area (Å²) in [6, 6.07) is 7.94. The zero-order chi connectivity index (χ0) is 12.4. The van der Waals surface area contributed by atoms with Crippen LogP contribution in [0.25, 0.3) is 5.69 Å². The molecule has 0 saturated carbocycles. The number of aryl methyl sites for hydroxylation is 1. The van der Waals surface area contributed by atoms with E-state index in [1.54, 1.807) is 4.68 Å². The van der Waals surface area contributed by atoms with Crippen molar-refractivity contribution in [1.82, 2.24) is 9.78 Å². The Morgan fingerprint density at radius 1 is 1.18 bits per heavy atom. The minimum atomic E-state index is 0.452. The zero-order valence-corrected chi connectivity index (χ0v) is 9.85. The fourth-order valence-corrected chi connectivity index (χ4v) is 1.76. The van der Waals surface area contributed by atoms with E-state index in [1.807, 2.05) is 31.2 Å². The molecule has 0 radical (unpaired) electrons.